The van der Waals surface area contributed by atoms with E-state index >= 15 is 0 Å². The highest BCUT2D eigenvalue weighted by Crippen LogP contribution is 2.09. The summed E-state index contributed by atoms with van der Waals surface area (Å²) in [7, 11) is 0. The van der Waals surface area contributed by atoms with E-state index < -0.39 is 0 Å². The number of unbranched alkanes of at least 4 members (excludes halogenated alkanes) is 13. The van der Waals surface area contributed by atoms with Crippen molar-refractivity contribution in [1.82, 2.24) is 0 Å². The SMILES string of the molecule is CCCCCCCCCC[NH+](CCCCCCCCC)c1ccccc1.[B-]. The van der Waals surface area contributed by atoms with E-state index in [9.17, 15) is 0 Å². The number of benzene rings is 1. The highest BCUT2D eigenvalue weighted by Gasteiger charge is 2.11. The fourth-order valence-electron chi connectivity index (χ4n) is 3.86. The highest BCUT2D eigenvalue weighted by atomic mass is 15.1. The summed E-state index contributed by atoms with van der Waals surface area (Å²) in [6.45, 7) is 7.22. The van der Waals surface area contributed by atoms with Crippen LogP contribution in [0.15, 0.2) is 30.3 Å². The second kappa shape index (κ2) is 20.0. The predicted octanol–water partition coefficient (Wildman–Crippen LogP) is 6.71. The zero-order valence-electron chi connectivity index (χ0n) is 18.5. The number of hydrogen-bond acceptors (Lipinski definition) is 0. The Morgan fingerprint density at radius 2 is 0.889 bits per heavy atom. The van der Waals surface area contributed by atoms with E-state index in [0.717, 1.165) is 0 Å². The largest absolute Gasteiger partial charge is 1.00 e. The third-order valence-electron chi connectivity index (χ3n) is 5.60. The summed E-state index contributed by atoms with van der Waals surface area (Å²) < 4.78 is 0. The third kappa shape index (κ3) is 14.9. The van der Waals surface area contributed by atoms with Crippen molar-refractivity contribution < 1.29 is 4.90 Å². The van der Waals surface area contributed by atoms with Gasteiger partial charge >= 0.3 is 0 Å². The average Bonchev–Trinajstić information content (AvgIpc) is 2.68. The van der Waals surface area contributed by atoms with Gasteiger partial charge in [-0.1, -0.05) is 103 Å². The average molecular weight is 371 g/mol. The van der Waals surface area contributed by atoms with Crippen molar-refractivity contribution in [3.05, 3.63) is 30.3 Å². The second-order valence-corrected chi connectivity index (χ2v) is 8.07. The normalized spacial score (nSPS) is 11.9. The lowest BCUT2D eigenvalue weighted by atomic mass is 10.1. The number of rotatable bonds is 18. The first-order valence-corrected chi connectivity index (χ1v) is 11.8. The van der Waals surface area contributed by atoms with Crippen LogP contribution in [0.3, 0.4) is 0 Å². The molecule has 1 aromatic rings. The molecule has 0 fully saturated rings. The molecule has 1 atom stereocenters. The van der Waals surface area contributed by atoms with Gasteiger partial charge in [0.05, 0.1) is 13.1 Å². The summed E-state index contributed by atoms with van der Waals surface area (Å²) in [6.07, 6.45) is 21.2. The third-order valence-corrected chi connectivity index (χ3v) is 5.60. The van der Waals surface area contributed by atoms with Gasteiger partial charge in [-0.2, -0.15) is 0 Å². The standard InChI is InChI=1S/C25H45N.B/c1-3-5-7-9-11-13-15-20-24-26(25-21-17-16-18-22-25)23-19-14-12-10-8-6-4-2;/h16-18,21-22H,3-15,19-20,23-24H2,1-2H3;/q;-1/p+1. The topological polar surface area (TPSA) is 4.44 Å². The first-order chi connectivity index (χ1) is 12.9. The Hall–Kier alpha value is -0.755. The lowest BCUT2D eigenvalue weighted by Gasteiger charge is -2.19. The summed E-state index contributed by atoms with van der Waals surface area (Å²) in [5, 5.41) is 0. The molecule has 0 saturated carbocycles. The number of quaternary nitrogens is 1. The lowest BCUT2D eigenvalue weighted by molar-refractivity contribution is -0.833. The summed E-state index contributed by atoms with van der Waals surface area (Å²) in [6, 6.07) is 11.2. The van der Waals surface area contributed by atoms with Gasteiger partial charge < -0.3 is 13.3 Å². The summed E-state index contributed by atoms with van der Waals surface area (Å²) in [5.41, 5.74) is 1.50. The lowest BCUT2D eigenvalue weighted by Crippen LogP contribution is -3.07. The van der Waals surface area contributed by atoms with Crippen molar-refractivity contribution in [2.24, 2.45) is 0 Å². The second-order valence-electron chi connectivity index (χ2n) is 8.07. The van der Waals surface area contributed by atoms with E-state index in [-0.39, 0.29) is 8.41 Å². The van der Waals surface area contributed by atoms with Crippen LogP contribution in [0.25, 0.3) is 0 Å². The van der Waals surface area contributed by atoms with E-state index in [0.29, 0.717) is 0 Å². The molecular weight excluding hydrogens is 325 g/mol. The Balaban J connectivity index is 0.00000676. The molecule has 1 N–H and O–H groups in total. The van der Waals surface area contributed by atoms with Gasteiger partial charge in [0.2, 0.25) is 0 Å². The Morgan fingerprint density at radius 1 is 0.519 bits per heavy atom. The molecule has 0 spiro atoms. The van der Waals surface area contributed by atoms with Crippen LogP contribution >= 0.6 is 0 Å². The molecule has 27 heavy (non-hydrogen) atoms. The first-order valence-electron chi connectivity index (χ1n) is 11.8. The minimum atomic E-state index is 0. The van der Waals surface area contributed by atoms with E-state index in [1.54, 1.807) is 4.90 Å². The van der Waals surface area contributed by atoms with Gasteiger partial charge in [0.1, 0.15) is 5.69 Å². The minimum absolute atomic E-state index is 0. The molecule has 1 rings (SSSR count). The molecule has 0 heterocycles. The number of para-hydroxylation sites is 1. The summed E-state index contributed by atoms with van der Waals surface area (Å²) in [5.74, 6) is 0. The van der Waals surface area contributed by atoms with Crippen LogP contribution in [0.4, 0.5) is 5.69 Å². The summed E-state index contributed by atoms with van der Waals surface area (Å²) >= 11 is 0. The Bertz CT molecular complexity index is 393. The van der Waals surface area contributed by atoms with Gasteiger partial charge in [0.25, 0.3) is 0 Å². The van der Waals surface area contributed by atoms with Crippen molar-refractivity contribution >= 4 is 14.1 Å². The van der Waals surface area contributed by atoms with Gasteiger partial charge in [-0.25, -0.2) is 0 Å². The molecule has 1 unspecified atom stereocenters. The molecule has 154 valence electrons. The van der Waals surface area contributed by atoms with E-state index in [1.165, 1.54) is 115 Å². The van der Waals surface area contributed by atoms with E-state index in [4.69, 9.17) is 0 Å². The van der Waals surface area contributed by atoms with Crippen LogP contribution in [0.2, 0.25) is 0 Å². The van der Waals surface area contributed by atoms with Crippen LogP contribution in [0.5, 0.6) is 0 Å². The minimum Gasteiger partial charge on any atom is -1.00 e. The molecule has 0 saturated heterocycles. The Morgan fingerprint density at radius 3 is 1.30 bits per heavy atom. The maximum atomic E-state index is 2.32. The smallest absolute Gasteiger partial charge is 0.131 e. The van der Waals surface area contributed by atoms with Gasteiger partial charge in [-0.3, -0.25) is 0 Å². The van der Waals surface area contributed by atoms with Crippen molar-refractivity contribution in [2.75, 3.05) is 13.1 Å². The molecule has 0 aromatic heterocycles. The molecule has 1 nitrogen and oxygen atoms in total. The monoisotopic (exact) mass is 371 g/mol. The molecule has 0 amide bonds. The van der Waals surface area contributed by atoms with Gasteiger partial charge in [0, 0.05) is 0 Å². The molecule has 0 bridgehead atoms. The fraction of sp³-hybridized carbons (Fsp3) is 0.760. The zero-order valence-corrected chi connectivity index (χ0v) is 18.5. The fourth-order valence-corrected chi connectivity index (χ4v) is 3.86. The number of nitrogens with one attached hydrogen (secondary N) is 1. The van der Waals surface area contributed by atoms with Crippen LogP contribution < -0.4 is 4.90 Å². The molecule has 0 aliphatic rings. The Kier molecular flexibility index (Phi) is 19.4. The van der Waals surface area contributed by atoms with E-state index in [2.05, 4.69) is 44.2 Å². The van der Waals surface area contributed by atoms with Crippen molar-refractivity contribution in [3.63, 3.8) is 0 Å². The van der Waals surface area contributed by atoms with Crippen LogP contribution in [0, 0.1) is 0 Å². The van der Waals surface area contributed by atoms with Crippen LogP contribution in [0.1, 0.15) is 110 Å². The van der Waals surface area contributed by atoms with Crippen LogP contribution in [-0.2, 0) is 0 Å². The first kappa shape index (κ1) is 26.2. The summed E-state index contributed by atoms with van der Waals surface area (Å²) in [4.78, 5) is 1.71. The molecule has 1 aromatic carbocycles. The molecule has 0 aliphatic carbocycles. The Labute approximate surface area is 172 Å². The van der Waals surface area contributed by atoms with Crippen molar-refractivity contribution in [3.8, 4) is 0 Å². The maximum Gasteiger partial charge on any atom is 0.131 e. The van der Waals surface area contributed by atoms with Gasteiger partial charge in [-0.15, -0.1) is 0 Å². The van der Waals surface area contributed by atoms with E-state index in [1.807, 2.05) is 0 Å². The molecule has 2 heteroatoms. The molecule has 0 aliphatic heterocycles. The highest BCUT2D eigenvalue weighted by molar-refractivity contribution is 5.75. The zero-order chi connectivity index (χ0) is 18.7. The molecule has 4 radical (unpaired) electrons. The van der Waals surface area contributed by atoms with Crippen molar-refractivity contribution in [1.29, 1.82) is 0 Å². The van der Waals surface area contributed by atoms with Gasteiger partial charge in [0.15, 0.2) is 0 Å². The number of hydrogen-bond donors (Lipinski definition) is 1. The quantitative estimate of drug-likeness (QED) is 0.216. The van der Waals surface area contributed by atoms with Crippen molar-refractivity contribution in [2.45, 2.75) is 110 Å². The maximum absolute atomic E-state index is 2.32. The molecular formula is C25H46BN. The predicted molar refractivity (Wildman–Crippen MR) is 123 cm³/mol. The van der Waals surface area contributed by atoms with Gasteiger partial charge in [-0.05, 0) is 37.8 Å². The van der Waals surface area contributed by atoms with Crippen LogP contribution in [-0.4, -0.2) is 21.5 Å².